The van der Waals surface area contributed by atoms with Crippen molar-refractivity contribution in [1.82, 2.24) is 10.3 Å². The maximum Gasteiger partial charge on any atom is 0.253 e. The Morgan fingerprint density at radius 2 is 2.09 bits per heavy atom. The van der Waals surface area contributed by atoms with E-state index in [1.807, 2.05) is 0 Å². The molecule has 1 heterocycles. The second-order valence-corrected chi connectivity index (χ2v) is 5.68. The molecule has 7 heteroatoms. The number of aliphatic hydroxyl groups is 1. The Balaban J connectivity index is 1.95. The van der Waals surface area contributed by atoms with Crippen LogP contribution in [0.3, 0.4) is 0 Å². The number of aliphatic hydroxyl groups excluding tert-OH is 1. The molecule has 0 aliphatic rings. The summed E-state index contributed by atoms with van der Waals surface area (Å²) in [4.78, 5) is 15.9. The van der Waals surface area contributed by atoms with Crippen LogP contribution in [0.5, 0.6) is 0 Å². The predicted molar refractivity (Wildman–Crippen MR) is 86.6 cm³/mol. The number of nitrogen functional groups attached to an aromatic ring is 1. The highest BCUT2D eigenvalue weighted by Gasteiger charge is 2.16. The van der Waals surface area contributed by atoms with Gasteiger partial charge in [0.1, 0.15) is 11.6 Å². The van der Waals surface area contributed by atoms with Gasteiger partial charge in [-0.25, -0.2) is 9.37 Å². The van der Waals surface area contributed by atoms with Crippen LogP contribution in [0, 0.1) is 5.82 Å². The van der Waals surface area contributed by atoms with E-state index in [1.165, 1.54) is 36.5 Å². The fraction of sp³-hybridized carbons (Fsp3) is 0.250. The van der Waals surface area contributed by atoms with Gasteiger partial charge in [-0.15, -0.1) is 0 Å². The first kappa shape index (κ1) is 17.2. The Labute approximate surface area is 138 Å². The molecule has 1 aromatic carbocycles. The van der Waals surface area contributed by atoms with Gasteiger partial charge in [-0.3, -0.25) is 4.79 Å². The molecule has 5 nitrogen and oxygen atoms in total. The zero-order valence-electron chi connectivity index (χ0n) is 12.5. The number of carbonyl (C=O) groups is 1. The third kappa shape index (κ3) is 4.64. The number of pyridine rings is 1. The summed E-state index contributed by atoms with van der Waals surface area (Å²) in [7, 11) is 0. The number of halogens is 2. The zero-order valence-corrected chi connectivity index (χ0v) is 13.2. The molecule has 2 atom stereocenters. The number of aromatic nitrogens is 1. The van der Waals surface area contributed by atoms with Crippen molar-refractivity contribution in [3.8, 4) is 0 Å². The first-order valence-electron chi connectivity index (χ1n) is 7.02. The Morgan fingerprint density at radius 1 is 1.43 bits per heavy atom. The number of hydrogen-bond acceptors (Lipinski definition) is 4. The molecule has 2 aromatic rings. The van der Waals surface area contributed by atoms with Crippen molar-refractivity contribution in [1.29, 1.82) is 0 Å². The molecule has 0 saturated carbocycles. The van der Waals surface area contributed by atoms with Crippen LogP contribution in [-0.4, -0.2) is 22.0 Å². The van der Waals surface area contributed by atoms with Gasteiger partial charge in [0, 0.05) is 12.2 Å². The van der Waals surface area contributed by atoms with Crippen LogP contribution in [0.4, 0.5) is 10.2 Å². The van der Waals surface area contributed by atoms with Crippen LogP contribution in [0.25, 0.3) is 0 Å². The molecule has 0 fully saturated rings. The Bertz CT molecular complexity index is 694. The second kappa shape index (κ2) is 7.39. The Kier molecular flexibility index (Phi) is 5.52. The van der Waals surface area contributed by atoms with Crippen molar-refractivity contribution in [2.24, 2.45) is 0 Å². The molecule has 23 heavy (non-hydrogen) atoms. The van der Waals surface area contributed by atoms with E-state index in [2.05, 4.69) is 10.3 Å². The molecule has 2 rings (SSSR count). The fourth-order valence-electron chi connectivity index (χ4n) is 2.09. The predicted octanol–water partition coefficient (Wildman–Crippen LogP) is 2.70. The topological polar surface area (TPSA) is 88.2 Å². The monoisotopic (exact) mass is 337 g/mol. The third-order valence-electron chi connectivity index (χ3n) is 3.34. The van der Waals surface area contributed by atoms with E-state index in [-0.39, 0.29) is 40.6 Å². The zero-order chi connectivity index (χ0) is 17.0. The number of carbonyl (C=O) groups excluding carboxylic acids is 1. The molecule has 2 unspecified atom stereocenters. The van der Waals surface area contributed by atoms with E-state index in [0.29, 0.717) is 5.56 Å². The lowest BCUT2D eigenvalue weighted by Crippen LogP contribution is -2.33. The summed E-state index contributed by atoms with van der Waals surface area (Å²) in [6, 6.07) is 6.71. The van der Waals surface area contributed by atoms with E-state index in [1.54, 1.807) is 6.92 Å². The smallest absolute Gasteiger partial charge is 0.253 e. The maximum atomic E-state index is 12.9. The van der Waals surface area contributed by atoms with Gasteiger partial charge in [-0.2, -0.15) is 0 Å². The van der Waals surface area contributed by atoms with Gasteiger partial charge in [0.2, 0.25) is 0 Å². The molecule has 122 valence electrons. The third-order valence-corrected chi connectivity index (χ3v) is 3.64. The molecule has 4 N–H and O–H groups in total. The summed E-state index contributed by atoms with van der Waals surface area (Å²) >= 11 is 5.83. The highest BCUT2D eigenvalue weighted by Crippen LogP contribution is 2.20. The highest BCUT2D eigenvalue weighted by atomic mass is 35.5. The van der Waals surface area contributed by atoms with Crippen LogP contribution >= 0.6 is 11.6 Å². The van der Waals surface area contributed by atoms with Gasteiger partial charge in [-0.05, 0) is 37.1 Å². The van der Waals surface area contributed by atoms with Crippen molar-refractivity contribution in [3.63, 3.8) is 0 Å². The highest BCUT2D eigenvalue weighted by molar-refractivity contribution is 6.33. The summed E-state index contributed by atoms with van der Waals surface area (Å²) < 4.78 is 12.9. The number of benzene rings is 1. The normalized spacial score (nSPS) is 13.4. The number of anilines is 1. The van der Waals surface area contributed by atoms with Gasteiger partial charge in [0.15, 0.2) is 0 Å². The first-order chi connectivity index (χ1) is 10.9. The van der Waals surface area contributed by atoms with E-state index in [4.69, 9.17) is 17.3 Å². The second-order valence-electron chi connectivity index (χ2n) is 5.27. The van der Waals surface area contributed by atoms with Crippen molar-refractivity contribution in [2.75, 3.05) is 5.73 Å². The minimum atomic E-state index is -0.806. The lowest BCUT2D eigenvalue weighted by atomic mass is 10.0. The van der Waals surface area contributed by atoms with Gasteiger partial charge in [0.25, 0.3) is 5.91 Å². The minimum absolute atomic E-state index is 0.156. The number of hydrogen-bond donors (Lipinski definition) is 3. The molecule has 0 radical (unpaired) electrons. The fourth-order valence-corrected chi connectivity index (χ4v) is 2.26. The lowest BCUT2D eigenvalue weighted by Gasteiger charge is -2.18. The molecule has 0 aliphatic carbocycles. The number of rotatable bonds is 5. The molecule has 0 aliphatic heterocycles. The summed E-state index contributed by atoms with van der Waals surface area (Å²) in [5.41, 5.74) is 6.37. The van der Waals surface area contributed by atoms with E-state index in [9.17, 15) is 14.3 Å². The van der Waals surface area contributed by atoms with Gasteiger partial charge in [0.05, 0.1) is 16.7 Å². The van der Waals surface area contributed by atoms with Crippen molar-refractivity contribution in [2.45, 2.75) is 25.5 Å². The van der Waals surface area contributed by atoms with Gasteiger partial charge >= 0.3 is 0 Å². The summed E-state index contributed by atoms with van der Waals surface area (Å²) in [6.07, 6.45) is 0.812. The van der Waals surface area contributed by atoms with Crippen molar-refractivity contribution in [3.05, 3.63) is 58.5 Å². The molecular formula is C16H17ClFN3O2. The van der Waals surface area contributed by atoms with Gasteiger partial charge < -0.3 is 16.2 Å². The summed E-state index contributed by atoms with van der Waals surface area (Å²) in [5.74, 6) is -0.573. The van der Waals surface area contributed by atoms with Crippen LogP contribution in [-0.2, 0) is 0 Å². The largest absolute Gasteiger partial charge is 0.388 e. The number of nitrogens with one attached hydrogen (secondary N) is 1. The molecule has 0 spiro atoms. The van der Waals surface area contributed by atoms with Crippen molar-refractivity contribution >= 4 is 23.3 Å². The standard InChI is InChI=1S/C16H17ClFN3O2/c1-9(6-14(22)10-2-4-12(18)5-3-10)21-16(23)11-7-13(17)15(19)20-8-11/h2-5,7-9,14,22H,6H2,1H3,(H2,19,20)(H,21,23). The van der Waals surface area contributed by atoms with Crippen LogP contribution in [0.1, 0.15) is 35.4 Å². The summed E-state index contributed by atoms with van der Waals surface area (Å²) in [6.45, 7) is 1.76. The average Bonchev–Trinajstić information content (AvgIpc) is 2.50. The SMILES string of the molecule is CC(CC(O)c1ccc(F)cc1)NC(=O)c1cnc(N)c(Cl)c1. The van der Waals surface area contributed by atoms with E-state index >= 15 is 0 Å². The van der Waals surface area contributed by atoms with E-state index in [0.717, 1.165) is 0 Å². The minimum Gasteiger partial charge on any atom is -0.388 e. The average molecular weight is 338 g/mol. The molecule has 1 amide bonds. The van der Waals surface area contributed by atoms with Crippen molar-refractivity contribution < 1.29 is 14.3 Å². The quantitative estimate of drug-likeness (QED) is 0.782. The Morgan fingerprint density at radius 3 is 2.70 bits per heavy atom. The van der Waals surface area contributed by atoms with Crippen LogP contribution in [0.15, 0.2) is 36.5 Å². The number of nitrogens with two attached hydrogens (primary N) is 1. The lowest BCUT2D eigenvalue weighted by molar-refractivity contribution is 0.0916. The molecule has 0 saturated heterocycles. The van der Waals surface area contributed by atoms with Gasteiger partial charge in [-0.1, -0.05) is 23.7 Å². The summed E-state index contributed by atoms with van der Waals surface area (Å²) in [5, 5.41) is 13.1. The van der Waals surface area contributed by atoms with Crippen LogP contribution < -0.4 is 11.1 Å². The Hall–Kier alpha value is -2.18. The number of nitrogens with zero attached hydrogens (tertiary/aromatic N) is 1. The molecule has 0 bridgehead atoms. The van der Waals surface area contributed by atoms with E-state index < -0.39 is 6.10 Å². The van der Waals surface area contributed by atoms with Crippen LogP contribution in [0.2, 0.25) is 5.02 Å². The number of amides is 1. The maximum absolute atomic E-state index is 12.9. The molecular weight excluding hydrogens is 321 g/mol. The molecule has 1 aromatic heterocycles. The first-order valence-corrected chi connectivity index (χ1v) is 7.40.